The first kappa shape index (κ1) is 14.4. The van der Waals surface area contributed by atoms with Crippen molar-refractivity contribution in [2.45, 2.75) is 26.3 Å². The summed E-state index contributed by atoms with van der Waals surface area (Å²) in [6.45, 7) is 6.01. The fourth-order valence-electron chi connectivity index (χ4n) is 2.86. The van der Waals surface area contributed by atoms with Crippen molar-refractivity contribution in [2.24, 2.45) is 5.92 Å². The summed E-state index contributed by atoms with van der Waals surface area (Å²) in [4.78, 5) is 2.38. The molecule has 0 saturated carbocycles. The van der Waals surface area contributed by atoms with Crippen molar-refractivity contribution < 1.29 is 4.74 Å². The summed E-state index contributed by atoms with van der Waals surface area (Å²) in [5, 5.41) is 3.26. The highest BCUT2D eigenvalue weighted by atomic mass is 16.5. The van der Waals surface area contributed by atoms with Crippen LogP contribution in [0, 0.1) is 12.8 Å². The second kappa shape index (κ2) is 6.92. The van der Waals surface area contributed by atoms with E-state index in [0.29, 0.717) is 5.92 Å². The summed E-state index contributed by atoms with van der Waals surface area (Å²) in [6, 6.07) is 6.72. The normalized spacial score (nSPS) is 19.4. The van der Waals surface area contributed by atoms with Crippen molar-refractivity contribution >= 4 is 5.69 Å². The van der Waals surface area contributed by atoms with E-state index in [2.05, 4.69) is 42.4 Å². The molecule has 1 N–H and O–H groups in total. The molecule has 3 heteroatoms. The van der Waals surface area contributed by atoms with Crippen molar-refractivity contribution in [3.05, 3.63) is 29.3 Å². The zero-order valence-corrected chi connectivity index (χ0v) is 12.4. The molecule has 1 aliphatic heterocycles. The van der Waals surface area contributed by atoms with Crippen LogP contribution in [-0.2, 0) is 11.3 Å². The van der Waals surface area contributed by atoms with Gasteiger partial charge < -0.3 is 15.0 Å². The van der Waals surface area contributed by atoms with Crippen molar-refractivity contribution in [3.63, 3.8) is 0 Å². The van der Waals surface area contributed by atoms with Crippen LogP contribution in [0.1, 0.15) is 24.0 Å². The fraction of sp³-hybridized carbons (Fsp3) is 0.625. The summed E-state index contributed by atoms with van der Waals surface area (Å²) >= 11 is 0. The van der Waals surface area contributed by atoms with Crippen LogP contribution in [0.4, 0.5) is 5.69 Å². The third kappa shape index (κ3) is 3.95. The summed E-state index contributed by atoms with van der Waals surface area (Å²) < 4.78 is 5.58. The highest BCUT2D eigenvalue weighted by molar-refractivity contribution is 5.54. The molecule has 0 spiro atoms. The van der Waals surface area contributed by atoms with Crippen LogP contribution in [-0.4, -0.2) is 33.9 Å². The van der Waals surface area contributed by atoms with E-state index in [-0.39, 0.29) is 0 Å². The van der Waals surface area contributed by atoms with Gasteiger partial charge in [0.05, 0.1) is 6.61 Å². The Morgan fingerprint density at radius 3 is 2.95 bits per heavy atom. The molecule has 1 heterocycles. The zero-order valence-electron chi connectivity index (χ0n) is 12.4. The van der Waals surface area contributed by atoms with Gasteiger partial charge in [-0.3, -0.25) is 0 Å². The third-order valence-corrected chi connectivity index (χ3v) is 3.80. The lowest BCUT2D eigenvalue weighted by Gasteiger charge is -2.30. The average Bonchev–Trinajstić information content (AvgIpc) is 2.40. The van der Waals surface area contributed by atoms with Crippen LogP contribution >= 0.6 is 0 Å². The molecule has 1 fully saturated rings. The Balaban J connectivity index is 2.06. The Labute approximate surface area is 116 Å². The number of nitrogens with zero attached hydrogens (tertiary/aromatic N) is 1. The van der Waals surface area contributed by atoms with E-state index in [1.807, 2.05) is 7.05 Å². The van der Waals surface area contributed by atoms with E-state index < -0.39 is 0 Å². The van der Waals surface area contributed by atoms with Crippen LogP contribution < -0.4 is 10.2 Å². The van der Waals surface area contributed by atoms with Crippen LogP contribution in [0.15, 0.2) is 18.2 Å². The minimum Gasteiger partial charge on any atom is -0.381 e. The smallest absolute Gasteiger partial charge is 0.0511 e. The molecule has 1 aliphatic rings. The maximum absolute atomic E-state index is 5.58. The fourth-order valence-corrected chi connectivity index (χ4v) is 2.86. The maximum atomic E-state index is 5.58. The van der Waals surface area contributed by atoms with Gasteiger partial charge in [0.1, 0.15) is 0 Å². The summed E-state index contributed by atoms with van der Waals surface area (Å²) in [7, 11) is 4.19. The number of hydrogen-bond acceptors (Lipinski definition) is 3. The molecule has 0 amide bonds. The highest BCUT2D eigenvalue weighted by Gasteiger charge is 2.17. The number of ether oxygens (including phenoxy) is 1. The Kier molecular flexibility index (Phi) is 5.23. The Hall–Kier alpha value is -1.06. The van der Waals surface area contributed by atoms with Gasteiger partial charge >= 0.3 is 0 Å². The first-order chi connectivity index (χ1) is 9.20. The van der Waals surface area contributed by atoms with Crippen molar-refractivity contribution in [1.29, 1.82) is 0 Å². The number of hydrogen-bond donors (Lipinski definition) is 1. The highest BCUT2D eigenvalue weighted by Crippen LogP contribution is 2.23. The number of benzene rings is 1. The third-order valence-electron chi connectivity index (χ3n) is 3.80. The second-order valence-electron chi connectivity index (χ2n) is 5.63. The van der Waals surface area contributed by atoms with Crippen LogP contribution in [0.5, 0.6) is 0 Å². The molecule has 1 unspecified atom stereocenters. The Morgan fingerprint density at radius 2 is 2.26 bits per heavy atom. The number of rotatable bonds is 5. The number of aryl methyl sites for hydroxylation is 1. The van der Waals surface area contributed by atoms with E-state index in [0.717, 1.165) is 26.3 Å². The van der Waals surface area contributed by atoms with Gasteiger partial charge in [0.25, 0.3) is 0 Å². The molecule has 1 atom stereocenters. The molecule has 106 valence electrons. The SMILES string of the molecule is CNCc1cc(C)ccc1N(C)CC1CCCOC1. The minimum absolute atomic E-state index is 0.669. The van der Waals surface area contributed by atoms with Gasteiger partial charge in [-0.25, -0.2) is 0 Å². The molecule has 1 aromatic carbocycles. The Bertz CT molecular complexity index is 400. The molecule has 0 bridgehead atoms. The second-order valence-corrected chi connectivity index (χ2v) is 5.63. The molecule has 3 nitrogen and oxygen atoms in total. The van der Waals surface area contributed by atoms with E-state index in [1.165, 1.54) is 29.7 Å². The van der Waals surface area contributed by atoms with E-state index in [9.17, 15) is 0 Å². The molecular formula is C16H26N2O. The lowest BCUT2D eigenvalue weighted by Crippen LogP contribution is -2.31. The summed E-state index contributed by atoms with van der Waals surface area (Å²) in [5.74, 6) is 0.669. The van der Waals surface area contributed by atoms with Crippen LogP contribution in [0.3, 0.4) is 0 Å². The van der Waals surface area contributed by atoms with Crippen LogP contribution in [0.2, 0.25) is 0 Å². The molecule has 0 aromatic heterocycles. The molecule has 0 radical (unpaired) electrons. The predicted octanol–water partition coefficient (Wildman–Crippen LogP) is 2.58. The van der Waals surface area contributed by atoms with E-state index in [4.69, 9.17) is 4.74 Å². The van der Waals surface area contributed by atoms with Crippen molar-refractivity contribution in [1.82, 2.24) is 5.32 Å². The first-order valence-corrected chi connectivity index (χ1v) is 7.23. The minimum atomic E-state index is 0.669. The first-order valence-electron chi connectivity index (χ1n) is 7.23. The zero-order chi connectivity index (χ0) is 13.7. The van der Waals surface area contributed by atoms with Crippen LogP contribution in [0.25, 0.3) is 0 Å². The van der Waals surface area contributed by atoms with Gasteiger partial charge in [-0.2, -0.15) is 0 Å². The molecule has 0 aliphatic carbocycles. The van der Waals surface area contributed by atoms with Gasteiger partial charge in [0, 0.05) is 32.4 Å². The largest absolute Gasteiger partial charge is 0.381 e. The topological polar surface area (TPSA) is 24.5 Å². The predicted molar refractivity (Wildman–Crippen MR) is 80.8 cm³/mol. The summed E-state index contributed by atoms with van der Waals surface area (Å²) in [6.07, 6.45) is 2.49. The van der Waals surface area contributed by atoms with E-state index >= 15 is 0 Å². The molecule has 19 heavy (non-hydrogen) atoms. The quantitative estimate of drug-likeness (QED) is 0.882. The van der Waals surface area contributed by atoms with Crippen molar-refractivity contribution in [3.8, 4) is 0 Å². The lowest BCUT2D eigenvalue weighted by molar-refractivity contribution is 0.0576. The Morgan fingerprint density at radius 1 is 1.42 bits per heavy atom. The molecule has 2 rings (SSSR count). The lowest BCUT2D eigenvalue weighted by atomic mass is 10.0. The van der Waals surface area contributed by atoms with E-state index in [1.54, 1.807) is 0 Å². The summed E-state index contributed by atoms with van der Waals surface area (Å²) in [5.41, 5.74) is 4.04. The standard InChI is InChI=1S/C16H26N2O/c1-13-6-7-16(15(9-13)10-17-2)18(3)11-14-5-4-8-19-12-14/h6-7,9,14,17H,4-5,8,10-12H2,1-3H3. The molecule has 1 saturated heterocycles. The van der Waals surface area contributed by atoms with Gasteiger partial charge in [-0.05, 0) is 44.4 Å². The monoisotopic (exact) mass is 262 g/mol. The molecular weight excluding hydrogens is 236 g/mol. The average molecular weight is 262 g/mol. The van der Waals surface area contributed by atoms with Gasteiger partial charge in [0.2, 0.25) is 0 Å². The maximum Gasteiger partial charge on any atom is 0.0511 e. The van der Waals surface area contributed by atoms with Gasteiger partial charge in [-0.1, -0.05) is 17.7 Å². The van der Waals surface area contributed by atoms with Crippen molar-refractivity contribution in [2.75, 3.05) is 38.8 Å². The molecule has 1 aromatic rings. The number of anilines is 1. The number of nitrogens with one attached hydrogen (secondary N) is 1. The van der Waals surface area contributed by atoms with Gasteiger partial charge in [-0.15, -0.1) is 0 Å². The van der Waals surface area contributed by atoms with Gasteiger partial charge in [0.15, 0.2) is 0 Å².